The summed E-state index contributed by atoms with van der Waals surface area (Å²) < 4.78 is 5.23. The first kappa shape index (κ1) is 13.3. The highest BCUT2D eigenvalue weighted by atomic mass is 35.5. The Morgan fingerprint density at radius 3 is 2.93 bits per heavy atom. The van der Waals surface area contributed by atoms with Crippen LogP contribution in [0.25, 0.3) is 0 Å². The Morgan fingerprint density at radius 2 is 2.20 bits per heavy atom. The SMILES string of the molecule is COCC1CCCN(CCCCCCl)C1. The Bertz CT molecular complexity index is 153. The van der Waals surface area contributed by atoms with Crippen molar-refractivity contribution in [2.45, 2.75) is 32.1 Å². The lowest BCUT2D eigenvalue weighted by Gasteiger charge is -2.32. The molecule has 0 aromatic rings. The summed E-state index contributed by atoms with van der Waals surface area (Å²) in [5.74, 6) is 1.57. The number of rotatable bonds is 7. The third-order valence-electron chi connectivity index (χ3n) is 3.11. The molecule has 1 fully saturated rings. The maximum absolute atomic E-state index is 5.66. The number of piperidine rings is 1. The molecule has 0 radical (unpaired) electrons. The van der Waals surface area contributed by atoms with Crippen LogP contribution in [0, 0.1) is 5.92 Å². The number of ether oxygens (including phenoxy) is 1. The van der Waals surface area contributed by atoms with E-state index in [1.54, 1.807) is 7.11 Å². The number of nitrogens with zero attached hydrogens (tertiary/aromatic N) is 1. The maximum Gasteiger partial charge on any atom is 0.0502 e. The summed E-state index contributed by atoms with van der Waals surface area (Å²) in [4.78, 5) is 2.58. The monoisotopic (exact) mass is 233 g/mol. The average Bonchev–Trinajstić information content (AvgIpc) is 2.26. The Labute approximate surface area is 98.9 Å². The molecule has 1 atom stereocenters. The van der Waals surface area contributed by atoms with E-state index in [4.69, 9.17) is 16.3 Å². The van der Waals surface area contributed by atoms with Gasteiger partial charge in [0.25, 0.3) is 0 Å². The van der Waals surface area contributed by atoms with Crippen molar-refractivity contribution in [3.8, 4) is 0 Å². The molecule has 0 spiro atoms. The molecular formula is C12H24ClNO. The molecule has 15 heavy (non-hydrogen) atoms. The van der Waals surface area contributed by atoms with Gasteiger partial charge in [0.05, 0.1) is 6.61 Å². The van der Waals surface area contributed by atoms with Gasteiger partial charge >= 0.3 is 0 Å². The molecule has 0 aromatic heterocycles. The standard InChI is InChI=1S/C12H24ClNO/c1-15-11-12-6-5-9-14(10-12)8-4-2-3-7-13/h12H,2-11H2,1H3. The van der Waals surface area contributed by atoms with Crippen LogP contribution in [0.4, 0.5) is 0 Å². The van der Waals surface area contributed by atoms with E-state index in [9.17, 15) is 0 Å². The molecule has 0 N–H and O–H groups in total. The molecule has 1 rings (SSSR count). The van der Waals surface area contributed by atoms with Gasteiger partial charge < -0.3 is 9.64 Å². The predicted molar refractivity (Wildman–Crippen MR) is 65.6 cm³/mol. The van der Waals surface area contributed by atoms with Gasteiger partial charge in [-0.2, -0.15) is 0 Å². The molecular weight excluding hydrogens is 210 g/mol. The van der Waals surface area contributed by atoms with E-state index in [-0.39, 0.29) is 0 Å². The summed E-state index contributed by atoms with van der Waals surface area (Å²) in [6.45, 7) is 4.69. The average molecular weight is 234 g/mol. The highest BCUT2D eigenvalue weighted by Crippen LogP contribution is 2.17. The first-order valence-corrected chi connectivity index (χ1v) is 6.67. The van der Waals surface area contributed by atoms with Crippen molar-refractivity contribution >= 4 is 11.6 Å². The minimum absolute atomic E-state index is 0.761. The lowest BCUT2D eigenvalue weighted by atomic mass is 9.99. The van der Waals surface area contributed by atoms with Crippen LogP contribution in [0.2, 0.25) is 0 Å². The number of hydrogen-bond acceptors (Lipinski definition) is 2. The smallest absolute Gasteiger partial charge is 0.0502 e. The number of halogens is 1. The van der Waals surface area contributed by atoms with Gasteiger partial charge in [-0.15, -0.1) is 11.6 Å². The molecule has 3 heteroatoms. The maximum atomic E-state index is 5.66. The van der Waals surface area contributed by atoms with Crippen LogP contribution in [0.5, 0.6) is 0 Å². The van der Waals surface area contributed by atoms with Gasteiger partial charge in [-0.1, -0.05) is 6.42 Å². The van der Waals surface area contributed by atoms with Crippen molar-refractivity contribution in [2.75, 3.05) is 39.2 Å². The highest BCUT2D eigenvalue weighted by molar-refractivity contribution is 6.17. The van der Waals surface area contributed by atoms with E-state index in [2.05, 4.69) is 4.90 Å². The zero-order valence-electron chi connectivity index (χ0n) is 9.88. The zero-order chi connectivity index (χ0) is 10.9. The highest BCUT2D eigenvalue weighted by Gasteiger charge is 2.18. The Hall–Kier alpha value is 0.210. The van der Waals surface area contributed by atoms with Crippen LogP contribution < -0.4 is 0 Å². The molecule has 1 heterocycles. The quantitative estimate of drug-likeness (QED) is 0.495. The topological polar surface area (TPSA) is 12.5 Å². The van der Waals surface area contributed by atoms with Crippen LogP contribution in [0.3, 0.4) is 0 Å². The fraction of sp³-hybridized carbons (Fsp3) is 1.00. The van der Waals surface area contributed by atoms with Crippen molar-refractivity contribution in [3.63, 3.8) is 0 Å². The number of likely N-dealkylation sites (tertiary alicyclic amines) is 1. The molecule has 1 aliphatic rings. The summed E-state index contributed by atoms with van der Waals surface area (Å²) in [6, 6.07) is 0. The van der Waals surface area contributed by atoms with Gasteiger partial charge in [0, 0.05) is 19.5 Å². The molecule has 0 bridgehead atoms. The molecule has 0 aliphatic carbocycles. The van der Waals surface area contributed by atoms with Crippen LogP contribution >= 0.6 is 11.6 Å². The zero-order valence-corrected chi connectivity index (χ0v) is 10.6. The molecule has 2 nitrogen and oxygen atoms in total. The Kier molecular flexibility index (Phi) is 7.41. The number of methoxy groups -OCH3 is 1. The molecule has 1 unspecified atom stereocenters. The number of hydrogen-bond donors (Lipinski definition) is 0. The molecule has 0 amide bonds. The van der Waals surface area contributed by atoms with Gasteiger partial charge in [0.15, 0.2) is 0 Å². The summed E-state index contributed by atoms with van der Waals surface area (Å²) in [5, 5.41) is 0. The normalized spacial score (nSPS) is 23.2. The van der Waals surface area contributed by atoms with Crippen LogP contribution in [0.1, 0.15) is 32.1 Å². The van der Waals surface area contributed by atoms with E-state index < -0.39 is 0 Å². The largest absolute Gasteiger partial charge is 0.384 e. The van der Waals surface area contributed by atoms with Crippen LogP contribution in [0.15, 0.2) is 0 Å². The third-order valence-corrected chi connectivity index (χ3v) is 3.38. The number of unbranched alkanes of at least 4 members (excludes halogenated alkanes) is 2. The van der Waals surface area contributed by atoms with Crippen molar-refractivity contribution in [1.82, 2.24) is 4.90 Å². The van der Waals surface area contributed by atoms with Gasteiger partial charge in [-0.25, -0.2) is 0 Å². The Morgan fingerprint density at radius 1 is 1.33 bits per heavy atom. The minimum atomic E-state index is 0.761. The first-order valence-electron chi connectivity index (χ1n) is 6.14. The fourth-order valence-corrected chi connectivity index (χ4v) is 2.52. The van der Waals surface area contributed by atoms with Crippen molar-refractivity contribution in [2.24, 2.45) is 5.92 Å². The predicted octanol–water partition coefficient (Wildman–Crippen LogP) is 2.75. The van der Waals surface area contributed by atoms with Gasteiger partial charge in [0.2, 0.25) is 0 Å². The lowest BCUT2D eigenvalue weighted by molar-refractivity contribution is 0.0899. The second-order valence-electron chi connectivity index (χ2n) is 4.51. The van der Waals surface area contributed by atoms with Gasteiger partial charge in [-0.05, 0) is 44.7 Å². The molecule has 0 saturated carbocycles. The van der Waals surface area contributed by atoms with E-state index in [0.717, 1.165) is 24.8 Å². The minimum Gasteiger partial charge on any atom is -0.384 e. The van der Waals surface area contributed by atoms with Crippen molar-refractivity contribution < 1.29 is 4.74 Å². The fourth-order valence-electron chi connectivity index (χ4n) is 2.33. The van der Waals surface area contributed by atoms with Gasteiger partial charge in [0.1, 0.15) is 0 Å². The molecule has 1 aliphatic heterocycles. The summed E-state index contributed by atoms with van der Waals surface area (Å²) >= 11 is 5.66. The summed E-state index contributed by atoms with van der Waals surface area (Å²) in [7, 11) is 1.80. The van der Waals surface area contributed by atoms with E-state index in [0.29, 0.717) is 0 Å². The van der Waals surface area contributed by atoms with Crippen LogP contribution in [-0.4, -0.2) is 44.1 Å². The Balaban J connectivity index is 2.07. The van der Waals surface area contributed by atoms with E-state index in [1.165, 1.54) is 45.3 Å². The lowest BCUT2D eigenvalue weighted by Crippen LogP contribution is -2.37. The molecule has 1 saturated heterocycles. The van der Waals surface area contributed by atoms with Crippen molar-refractivity contribution in [1.29, 1.82) is 0 Å². The van der Waals surface area contributed by atoms with E-state index in [1.807, 2.05) is 0 Å². The number of alkyl halides is 1. The first-order chi connectivity index (χ1) is 7.36. The molecule has 90 valence electrons. The third kappa shape index (κ3) is 5.74. The summed E-state index contributed by atoms with van der Waals surface area (Å²) in [6.07, 6.45) is 6.41. The summed E-state index contributed by atoms with van der Waals surface area (Å²) in [5.41, 5.74) is 0. The molecule has 0 aromatic carbocycles. The van der Waals surface area contributed by atoms with E-state index >= 15 is 0 Å². The van der Waals surface area contributed by atoms with Crippen molar-refractivity contribution in [3.05, 3.63) is 0 Å². The van der Waals surface area contributed by atoms with Gasteiger partial charge in [-0.3, -0.25) is 0 Å². The second-order valence-corrected chi connectivity index (χ2v) is 4.89. The second kappa shape index (κ2) is 8.37. The van der Waals surface area contributed by atoms with Crippen LogP contribution in [-0.2, 0) is 4.74 Å².